The van der Waals surface area contributed by atoms with Crippen molar-refractivity contribution < 1.29 is 4.79 Å². The Hall–Kier alpha value is -3.07. The van der Waals surface area contributed by atoms with E-state index in [0.717, 1.165) is 56.3 Å². The summed E-state index contributed by atoms with van der Waals surface area (Å²) >= 11 is 1.47. The summed E-state index contributed by atoms with van der Waals surface area (Å²) in [5, 5.41) is 5.52. The summed E-state index contributed by atoms with van der Waals surface area (Å²) in [7, 11) is 0. The zero-order chi connectivity index (χ0) is 22.6. The van der Waals surface area contributed by atoms with Crippen LogP contribution in [0.3, 0.4) is 0 Å². The van der Waals surface area contributed by atoms with Crippen molar-refractivity contribution in [2.24, 2.45) is 0 Å². The first-order chi connectivity index (χ1) is 16.1. The summed E-state index contributed by atoms with van der Waals surface area (Å²) in [6, 6.07) is 18.9. The number of anilines is 1. The van der Waals surface area contributed by atoms with E-state index in [4.69, 9.17) is 4.98 Å². The largest absolute Gasteiger partial charge is 0.322 e. The monoisotopic (exact) mass is 460 g/mol. The number of thiazole rings is 1. The quantitative estimate of drug-likeness (QED) is 0.456. The van der Waals surface area contributed by atoms with Crippen molar-refractivity contribution in [3.05, 3.63) is 77.1 Å². The summed E-state index contributed by atoms with van der Waals surface area (Å²) < 4.78 is 2.33. The predicted octanol–water partition coefficient (Wildman–Crippen LogP) is 3.61. The maximum absolute atomic E-state index is 12.4. The molecule has 2 aromatic carbocycles. The minimum atomic E-state index is 0.00227. The van der Waals surface area contributed by atoms with Crippen LogP contribution in [0.25, 0.3) is 11.0 Å². The Morgan fingerprint density at radius 3 is 2.42 bits per heavy atom. The normalized spacial score (nSPS) is 15.2. The lowest BCUT2D eigenvalue weighted by atomic mass is 10.2. The minimum Gasteiger partial charge on any atom is -0.322 e. The van der Waals surface area contributed by atoms with E-state index in [1.165, 1.54) is 22.4 Å². The summed E-state index contributed by atoms with van der Waals surface area (Å²) in [5.74, 6) is 1.09. The number of benzene rings is 2. The molecule has 0 radical (unpaired) electrons. The average Bonchev–Trinajstić information content (AvgIpc) is 3.38. The van der Waals surface area contributed by atoms with Gasteiger partial charge in [-0.2, -0.15) is 0 Å². The average molecular weight is 461 g/mol. The number of hydrogen-bond acceptors (Lipinski definition) is 6. The van der Waals surface area contributed by atoms with Crippen LogP contribution in [0.15, 0.2) is 60.0 Å². The van der Waals surface area contributed by atoms with Crippen molar-refractivity contribution in [2.75, 3.05) is 38.0 Å². The van der Waals surface area contributed by atoms with E-state index >= 15 is 0 Å². The first-order valence-corrected chi connectivity index (χ1v) is 12.2. The van der Waals surface area contributed by atoms with E-state index in [1.807, 2.05) is 24.4 Å². The van der Waals surface area contributed by atoms with Crippen LogP contribution in [-0.4, -0.2) is 63.0 Å². The molecule has 8 heteroatoms. The van der Waals surface area contributed by atoms with E-state index in [0.29, 0.717) is 11.7 Å². The Morgan fingerprint density at radius 2 is 1.67 bits per heavy atom. The number of hydrogen-bond donors (Lipinski definition) is 1. The number of imidazole rings is 1. The minimum absolute atomic E-state index is 0.00227. The molecule has 5 rings (SSSR count). The van der Waals surface area contributed by atoms with Gasteiger partial charge in [-0.1, -0.05) is 42.5 Å². The molecule has 1 aliphatic rings. The number of fused-ring (bicyclic) bond motifs is 1. The van der Waals surface area contributed by atoms with E-state index in [1.54, 1.807) is 0 Å². The van der Waals surface area contributed by atoms with Gasteiger partial charge in [-0.05, 0) is 24.6 Å². The highest BCUT2D eigenvalue weighted by molar-refractivity contribution is 7.13. The van der Waals surface area contributed by atoms with Gasteiger partial charge in [0.25, 0.3) is 0 Å². The Balaban J connectivity index is 1.21. The Bertz CT molecular complexity index is 1230. The van der Waals surface area contributed by atoms with E-state index in [9.17, 15) is 4.79 Å². The van der Waals surface area contributed by atoms with Gasteiger partial charge in [-0.15, -0.1) is 11.3 Å². The number of piperazine rings is 1. The summed E-state index contributed by atoms with van der Waals surface area (Å²) in [6.07, 6.45) is 0. The van der Waals surface area contributed by atoms with E-state index < -0.39 is 0 Å². The third-order valence-electron chi connectivity index (χ3n) is 5.98. The molecule has 0 spiro atoms. The number of nitrogens with one attached hydrogen (secondary N) is 1. The number of aryl methyl sites for hydroxylation is 1. The standard InChI is InChI=1S/C25H28N6OS/c1-19-18-33-25(26-19)28-24(32)17-30-13-11-29(12-14-30)16-23-27-21-9-5-6-10-22(21)31(23)15-20-7-3-2-4-8-20/h2-10,18H,11-17H2,1H3,(H,26,28,32). The second-order valence-electron chi connectivity index (χ2n) is 8.48. The number of para-hydroxylation sites is 2. The van der Waals surface area contributed by atoms with Crippen LogP contribution in [0.5, 0.6) is 0 Å². The molecule has 1 saturated heterocycles. The SMILES string of the molecule is Cc1csc(NC(=O)CN2CCN(Cc3nc4ccccc4n3Cc3ccccc3)CC2)n1. The third kappa shape index (κ3) is 5.30. The summed E-state index contributed by atoms with van der Waals surface area (Å²) in [6.45, 7) is 7.51. The summed E-state index contributed by atoms with van der Waals surface area (Å²) in [4.78, 5) is 26.3. The number of carbonyl (C=O) groups is 1. The van der Waals surface area contributed by atoms with Gasteiger partial charge < -0.3 is 9.88 Å². The molecule has 0 saturated carbocycles. The highest BCUT2D eigenvalue weighted by Crippen LogP contribution is 2.20. The Kier molecular flexibility index (Phi) is 6.48. The molecule has 33 heavy (non-hydrogen) atoms. The van der Waals surface area contributed by atoms with Crippen molar-refractivity contribution in [3.8, 4) is 0 Å². The lowest BCUT2D eigenvalue weighted by Crippen LogP contribution is -2.48. The van der Waals surface area contributed by atoms with Gasteiger partial charge in [0.1, 0.15) is 5.82 Å². The van der Waals surface area contributed by atoms with E-state index in [2.05, 4.69) is 67.1 Å². The fourth-order valence-corrected chi connectivity index (χ4v) is 4.97. The number of amides is 1. The van der Waals surface area contributed by atoms with Gasteiger partial charge in [0.05, 0.1) is 29.8 Å². The molecule has 1 N–H and O–H groups in total. The second kappa shape index (κ2) is 9.82. The third-order valence-corrected chi connectivity index (χ3v) is 6.86. The van der Waals surface area contributed by atoms with Crippen LogP contribution in [-0.2, 0) is 17.9 Å². The van der Waals surface area contributed by atoms with Crippen LogP contribution in [0, 0.1) is 6.92 Å². The number of carbonyl (C=O) groups excluding carboxylic acids is 1. The van der Waals surface area contributed by atoms with Crippen molar-refractivity contribution in [3.63, 3.8) is 0 Å². The predicted molar refractivity (Wildman–Crippen MR) is 132 cm³/mol. The molecule has 0 atom stereocenters. The molecule has 1 fully saturated rings. The molecule has 1 amide bonds. The van der Waals surface area contributed by atoms with Crippen molar-refractivity contribution in [1.82, 2.24) is 24.3 Å². The molecule has 170 valence electrons. The molecule has 1 aliphatic heterocycles. The van der Waals surface area contributed by atoms with Gasteiger partial charge >= 0.3 is 0 Å². The maximum atomic E-state index is 12.4. The van der Waals surface area contributed by atoms with Crippen molar-refractivity contribution in [1.29, 1.82) is 0 Å². The highest BCUT2D eigenvalue weighted by atomic mass is 32.1. The first-order valence-electron chi connectivity index (χ1n) is 11.3. The van der Waals surface area contributed by atoms with Crippen LogP contribution >= 0.6 is 11.3 Å². The van der Waals surface area contributed by atoms with Crippen LogP contribution in [0.4, 0.5) is 5.13 Å². The molecule has 0 aliphatic carbocycles. The van der Waals surface area contributed by atoms with Gasteiger partial charge in [-0.3, -0.25) is 14.6 Å². The number of nitrogens with zero attached hydrogens (tertiary/aromatic N) is 5. The zero-order valence-corrected chi connectivity index (χ0v) is 19.6. The van der Waals surface area contributed by atoms with Gasteiger partial charge in [0.15, 0.2) is 5.13 Å². The highest BCUT2D eigenvalue weighted by Gasteiger charge is 2.21. The molecule has 7 nitrogen and oxygen atoms in total. The van der Waals surface area contributed by atoms with Gasteiger partial charge in [-0.25, -0.2) is 9.97 Å². The topological polar surface area (TPSA) is 66.3 Å². The lowest BCUT2D eigenvalue weighted by molar-refractivity contribution is -0.117. The second-order valence-corrected chi connectivity index (χ2v) is 9.34. The molecule has 3 heterocycles. The molecule has 2 aromatic heterocycles. The maximum Gasteiger partial charge on any atom is 0.240 e. The fraction of sp³-hybridized carbons (Fsp3) is 0.320. The van der Waals surface area contributed by atoms with Crippen molar-refractivity contribution in [2.45, 2.75) is 20.0 Å². The van der Waals surface area contributed by atoms with E-state index in [-0.39, 0.29) is 5.91 Å². The molecule has 0 unspecified atom stereocenters. The Labute approximate surface area is 197 Å². The lowest BCUT2D eigenvalue weighted by Gasteiger charge is -2.34. The van der Waals surface area contributed by atoms with Crippen LogP contribution in [0.1, 0.15) is 17.1 Å². The summed E-state index contributed by atoms with van der Waals surface area (Å²) in [5.41, 5.74) is 4.41. The smallest absolute Gasteiger partial charge is 0.240 e. The van der Waals surface area contributed by atoms with Crippen molar-refractivity contribution >= 4 is 33.4 Å². The van der Waals surface area contributed by atoms with Gasteiger partial charge in [0.2, 0.25) is 5.91 Å². The van der Waals surface area contributed by atoms with Gasteiger partial charge in [0, 0.05) is 38.1 Å². The molecular weight excluding hydrogens is 432 g/mol. The molecule has 0 bridgehead atoms. The number of rotatable bonds is 7. The van der Waals surface area contributed by atoms with Crippen LogP contribution in [0.2, 0.25) is 0 Å². The molecular formula is C25H28N6OS. The Morgan fingerprint density at radius 1 is 0.939 bits per heavy atom. The molecule has 4 aromatic rings. The zero-order valence-electron chi connectivity index (χ0n) is 18.8. The first kappa shape index (κ1) is 21.8. The fourth-order valence-electron chi connectivity index (χ4n) is 4.27. The number of aromatic nitrogens is 3. The van der Waals surface area contributed by atoms with Crippen LogP contribution < -0.4 is 5.32 Å².